The summed E-state index contributed by atoms with van der Waals surface area (Å²) in [4.78, 5) is 32.0. The highest BCUT2D eigenvalue weighted by atomic mass is 16.6. The lowest BCUT2D eigenvalue weighted by Gasteiger charge is -2.26. The van der Waals surface area contributed by atoms with Gasteiger partial charge in [0.15, 0.2) is 11.5 Å². The Morgan fingerprint density at radius 2 is 1.78 bits per heavy atom. The van der Waals surface area contributed by atoms with Gasteiger partial charge in [-0.15, -0.1) is 5.10 Å². The van der Waals surface area contributed by atoms with Gasteiger partial charge < -0.3 is 14.8 Å². The number of rotatable bonds is 7. The molecule has 2 amide bonds. The molecule has 10 heteroatoms. The van der Waals surface area contributed by atoms with E-state index < -0.39 is 11.7 Å². The Morgan fingerprint density at radius 3 is 2.56 bits per heavy atom. The van der Waals surface area contributed by atoms with Gasteiger partial charge in [-0.05, 0) is 89.0 Å². The summed E-state index contributed by atoms with van der Waals surface area (Å²) in [6, 6.07) is 16.7. The van der Waals surface area contributed by atoms with Gasteiger partial charge in [0, 0.05) is 29.9 Å². The quantitative estimate of drug-likeness (QED) is 0.270. The number of fused-ring (bicyclic) bond motifs is 1. The van der Waals surface area contributed by atoms with Crippen LogP contribution in [0.15, 0.2) is 60.8 Å². The first-order chi connectivity index (χ1) is 19.6. The summed E-state index contributed by atoms with van der Waals surface area (Å²) < 4.78 is 12.8. The monoisotopic (exact) mass is 556 g/mol. The van der Waals surface area contributed by atoms with E-state index in [2.05, 4.69) is 31.7 Å². The highest BCUT2D eigenvalue weighted by molar-refractivity contribution is 6.04. The zero-order valence-electron chi connectivity index (χ0n) is 23.9. The van der Waals surface area contributed by atoms with Crippen LogP contribution < -0.4 is 15.4 Å². The molecule has 3 heterocycles. The number of aromatic nitrogens is 3. The first-order valence-corrected chi connectivity index (χ1v) is 13.9. The molecular formula is C31H36N6O4. The van der Waals surface area contributed by atoms with Crippen molar-refractivity contribution in [1.82, 2.24) is 19.5 Å². The van der Waals surface area contributed by atoms with E-state index in [1.165, 1.54) is 23.8 Å². The molecule has 1 aliphatic rings. The molecule has 0 saturated carbocycles. The number of piperidine rings is 1. The molecule has 214 valence electrons. The molecule has 2 aromatic heterocycles. The number of likely N-dealkylation sites (tertiary alicyclic amines) is 1. The van der Waals surface area contributed by atoms with Crippen molar-refractivity contribution in [3.05, 3.63) is 77.5 Å². The number of anilines is 2. The standard InChI is InChI=1S/C31H36N6O4/c1-21-11-12-24(40-28-14-13-27-33-26(20-37(27)35-28)34-30(39)41-31(2,3)4)18-25(21)32-29(38)23-10-8-9-22(17-23)19-36-15-6-5-7-16-36/h8-14,17-18,20H,5-7,15-16,19H2,1-4H3,(H,32,38)(H,34,39). The SMILES string of the molecule is Cc1ccc(Oc2ccc3nc(NC(=O)OC(C)(C)C)cn3n2)cc1NC(=O)c1cccc(CN2CCCCC2)c1. The summed E-state index contributed by atoms with van der Waals surface area (Å²) in [5.74, 6) is 0.979. The van der Waals surface area contributed by atoms with Crippen LogP contribution in [-0.2, 0) is 11.3 Å². The van der Waals surface area contributed by atoms with Gasteiger partial charge in [-0.25, -0.2) is 14.3 Å². The fourth-order valence-corrected chi connectivity index (χ4v) is 4.69. The van der Waals surface area contributed by atoms with Crippen molar-refractivity contribution in [1.29, 1.82) is 0 Å². The molecule has 1 saturated heterocycles. The average molecular weight is 557 g/mol. The van der Waals surface area contributed by atoms with Gasteiger partial charge in [0.05, 0.1) is 6.20 Å². The third-order valence-corrected chi connectivity index (χ3v) is 6.65. The van der Waals surface area contributed by atoms with Crippen LogP contribution in [0.1, 0.15) is 61.5 Å². The number of benzene rings is 2. The van der Waals surface area contributed by atoms with Crippen molar-refractivity contribution < 1.29 is 19.1 Å². The predicted octanol–water partition coefficient (Wildman–Crippen LogP) is 6.42. The molecule has 1 aliphatic heterocycles. The number of nitrogens with zero attached hydrogens (tertiary/aromatic N) is 4. The average Bonchev–Trinajstić information content (AvgIpc) is 3.31. The van der Waals surface area contributed by atoms with Crippen LogP contribution in [0.2, 0.25) is 0 Å². The maximum absolute atomic E-state index is 13.2. The lowest BCUT2D eigenvalue weighted by Crippen LogP contribution is -2.29. The predicted molar refractivity (Wildman–Crippen MR) is 158 cm³/mol. The van der Waals surface area contributed by atoms with Gasteiger partial charge in [-0.3, -0.25) is 15.0 Å². The van der Waals surface area contributed by atoms with E-state index in [0.717, 1.165) is 30.8 Å². The fraction of sp³-hybridized carbons (Fsp3) is 0.355. The van der Waals surface area contributed by atoms with Crippen molar-refractivity contribution in [2.24, 2.45) is 0 Å². The van der Waals surface area contributed by atoms with Gasteiger partial charge in [-0.1, -0.05) is 24.6 Å². The summed E-state index contributed by atoms with van der Waals surface area (Å²) in [5, 5.41) is 10.1. The maximum Gasteiger partial charge on any atom is 0.413 e. The van der Waals surface area contributed by atoms with E-state index >= 15 is 0 Å². The van der Waals surface area contributed by atoms with Crippen molar-refractivity contribution in [3.63, 3.8) is 0 Å². The molecule has 0 bridgehead atoms. The number of ether oxygens (including phenoxy) is 2. The van der Waals surface area contributed by atoms with Crippen LogP contribution in [-0.4, -0.2) is 50.2 Å². The minimum Gasteiger partial charge on any atom is -0.444 e. The third kappa shape index (κ3) is 7.61. The summed E-state index contributed by atoms with van der Waals surface area (Å²) >= 11 is 0. The van der Waals surface area contributed by atoms with Crippen LogP contribution in [0.25, 0.3) is 5.65 Å². The molecule has 2 aromatic carbocycles. The van der Waals surface area contributed by atoms with Gasteiger partial charge >= 0.3 is 6.09 Å². The summed E-state index contributed by atoms with van der Waals surface area (Å²) in [7, 11) is 0. The molecular weight excluding hydrogens is 520 g/mol. The second-order valence-electron chi connectivity index (χ2n) is 11.3. The highest BCUT2D eigenvalue weighted by Crippen LogP contribution is 2.27. The number of aryl methyl sites for hydroxylation is 1. The Balaban J connectivity index is 1.25. The third-order valence-electron chi connectivity index (χ3n) is 6.65. The van der Waals surface area contributed by atoms with E-state index in [0.29, 0.717) is 34.3 Å². The van der Waals surface area contributed by atoms with Crippen LogP contribution in [0, 0.1) is 6.92 Å². The van der Waals surface area contributed by atoms with Crippen molar-refractivity contribution >= 4 is 29.2 Å². The zero-order chi connectivity index (χ0) is 29.0. The Bertz CT molecular complexity index is 1550. The van der Waals surface area contributed by atoms with Gasteiger partial charge in [0.25, 0.3) is 5.91 Å². The molecule has 0 radical (unpaired) electrons. The molecule has 41 heavy (non-hydrogen) atoms. The minimum atomic E-state index is -0.619. The molecule has 0 aliphatic carbocycles. The highest BCUT2D eigenvalue weighted by Gasteiger charge is 2.18. The van der Waals surface area contributed by atoms with Crippen LogP contribution in [0.5, 0.6) is 11.6 Å². The maximum atomic E-state index is 13.2. The smallest absolute Gasteiger partial charge is 0.413 e. The molecule has 5 rings (SSSR count). The molecule has 10 nitrogen and oxygen atoms in total. The summed E-state index contributed by atoms with van der Waals surface area (Å²) in [6.07, 6.45) is 4.74. The first-order valence-electron chi connectivity index (χ1n) is 13.9. The van der Waals surface area contributed by atoms with Gasteiger partial charge in [-0.2, -0.15) is 0 Å². The molecule has 0 unspecified atom stereocenters. The minimum absolute atomic E-state index is 0.172. The van der Waals surface area contributed by atoms with E-state index in [1.54, 1.807) is 45.2 Å². The molecule has 0 spiro atoms. The molecule has 1 fully saturated rings. The Morgan fingerprint density at radius 1 is 0.976 bits per heavy atom. The topological polar surface area (TPSA) is 110 Å². The van der Waals surface area contributed by atoms with Crippen LogP contribution in [0.4, 0.5) is 16.3 Å². The number of carbonyl (C=O) groups excluding carboxylic acids is 2. The number of carbonyl (C=O) groups is 2. The van der Waals surface area contributed by atoms with E-state index in [-0.39, 0.29) is 5.91 Å². The Labute approximate surface area is 239 Å². The molecule has 4 aromatic rings. The van der Waals surface area contributed by atoms with Crippen molar-refractivity contribution in [2.45, 2.75) is 59.1 Å². The molecule has 2 N–H and O–H groups in total. The lowest BCUT2D eigenvalue weighted by atomic mass is 10.1. The Kier molecular flexibility index (Phi) is 8.21. The molecule has 0 atom stereocenters. The number of hydrogen-bond acceptors (Lipinski definition) is 7. The fourth-order valence-electron chi connectivity index (χ4n) is 4.69. The number of imidazole rings is 1. The van der Waals surface area contributed by atoms with Crippen LogP contribution in [0.3, 0.4) is 0 Å². The number of nitrogens with one attached hydrogen (secondary N) is 2. The zero-order valence-corrected chi connectivity index (χ0v) is 23.9. The van der Waals surface area contributed by atoms with Gasteiger partial charge in [0.1, 0.15) is 11.4 Å². The van der Waals surface area contributed by atoms with E-state index in [4.69, 9.17) is 9.47 Å². The van der Waals surface area contributed by atoms with Gasteiger partial charge in [0.2, 0.25) is 5.88 Å². The van der Waals surface area contributed by atoms with E-state index in [1.807, 2.05) is 37.3 Å². The normalized spacial score (nSPS) is 14.0. The number of amides is 2. The van der Waals surface area contributed by atoms with Crippen LogP contribution >= 0.6 is 0 Å². The first kappa shape index (κ1) is 28.1. The lowest BCUT2D eigenvalue weighted by molar-refractivity contribution is 0.0635. The number of hydrogen-bond donors (Lipinski definition) is 2. The summed E-state index contributed by atoms with van der Waals surface area (Å²) in [5.41, 5.74) is 3.23. The van der Waals surface area contributed by atoms with E-state index in [9.17, 15) is 9.59 Å². The Hall–Kier alpha value is -4.44. The van der Waals surface area contributed by atoms with Crippen molar-refractivity contribution in [2.75, 3.05) is 23.7 Å². The second kappa shape index (κ2) is 12.0. The largest absolute Gasteiger partial charge is 0.444 e. The van der Waals surface area contributed by atoms with Crippen molar-refractivity contribution in [3.8, 4) is 11.6 Å². The second-order valence-corrected chi connectivity index (χ2v) is 11.3. The summed E-state index contributed by atoms with van der Waals surface area (Å²) in [6.45, 7) is 10.4.